The summed E-state index contributed by atoms with van der Waals surface area (Å²) < 4.78 is 5.85. The molecule has 0 bridgehead atoms. The van der Waals surface area contributed by atoms with Gasteiger partial charge in [0.05, 0.1) is 12.1 Å². The van der Waals surface area contributed by atoms with Crippen molar-refractivity contribution in [2.45, 2.75) is 32.9 Å². The van der Waals surface area contributed by atoms with Crippen molar-refractivity contribution >= 4 is 17.7 Å². The number of benzene rings is 1. The molecule has 0 aromatic heterocycles. The van der Waals surface area contributed by atoms with Crippen molar-refractivity contribution in [1.29, 1.82) is 0 Å². The lowest BCUT2D eigenvalue weighted by atomic mass is 10.1. The van der Waals surface area contributed by atoms with E-state index >= 15 is 0 Å². The molecule has 110 valence electrons. The average Bonchev–Trinajstić information content (AvgIpc) is 2.92. The van der Waals surface area contributed by atoms with E-state index in [1.54, 1.807) is 11.8 Å². The Bertz CT molecular complexity index is 453. The fraction of sp³-hybridized carbons (Fsp3) is 0.533. The summed E-state index contributed by atoms with van der Waals surface area (Å²) in [5.74, 6) is 2.68. The number of nitrogens with one attached hydrogen (secondary N) is 2. The maximum atomic E-state index is 12.0. The highest BCUT2D eigenvalue weighted by molar-refractivity contribution is 7.99. The van der Waals surface area contributed by atoms with Gasteiger partial charge in [-0.15, -0.1) is 11.8 Å². The number of para-hydroxylation sites is 1. The van der Waals surface area contributed by atoms with Gasteiger partial charge in [-0.1, -0.05) is 18.2 Å². The van der Waals surface area contributed by atoms with E-state index in [0.29, 0.717) is 6.61 Å². The van der Waals surface area contributed by atoms with Crippen molar-refractivity contribution in [3.8, 4) is 5.75 Å². The molecule has 0 radical (unpaired) electrons. The first kappa shape index (κ1) is 15.2. The molecule has 0 aliphatic carbocycles. The molecule has 2 rings (SSSR count). The molecule has 2 N–H and O–H groups in total. The molecule has 4 nitrogen and oxygen atoms in total. The second-order valence-corrected chi connectivity index (χ2v) is 6.24. The van der Waals surface area contributed by atoms with Crippen molar-refractivity contribution in [1.82, 2.24) is 10.6 Å². The third kappa shape index (κ3) is 3.90. The Balaban J connectivity index is 1.82. The predicted molar refractivity (Wildman–Crippen MR) is 83.3 cm³/mol. The molecule has 1 saturated heterocycles. The zero-order chi connectivity index (χ0) is 14.5. The fourth-order valence-corrected chi connectivity index (χ4v) is 3.13. The topological polar surface area (TPSA) is 50.4 Å². The van der Waals surface area contributed by atoms with Crippen LogP contribution in [0.25, 0.3) is 0 Å². The second kappa shape index (κ2) is 6.99. The van der Waals surface area contributed by atoms with Gasteiger partial charge in [0, 0.05) is 11.6 Å². The van der Waals surface area contributed by atoms with Crippen molar-refractivity contribution in [2.75, 3.05) is 18.2 Å². The molecule has 0 saturated carbocycles. The highest BCUT2D eigenvalue weighted by Crippen LogP contribution is 2.22. The molecule has 1 aliphatic heterocycles. The molecular weight excluding hydrogens is 272 g/mol. The van der Waals surface area contributed by atoms with Crippen LogP contribution in [-0.2, 0) is 4.79 Å². The number of aryl methyl sites for hydroxylation is 2. The Morgan fingerprint density at radius 2 is 2.20 bits per heavy atom. The van der Waals surface area contributed by atoms with E-state index in [2.05, 4.69) is 10.6 Å². The van der Waals surface area contributed by atoms with Gasteiger partial charge in [0.1, 0.15) is 12.4 Å². The fourth-order valence-electron chi connectivity index (χ4n) is 2.18. The molecule has 1 fully saturated rings. The highest BCUT2D eigenvalue weighted by atomic mass is 32.2. The van der Waals surface area contributed by atoms with Gasteiger partial charge in [-0.3, -0.25) is 10.1 Å². The Morgan fingerprint density at radius 1 is 1.50 bits per heavy atom. The van der Waals surface area contributed by atoms with Crippen LogP contribution in [0.15, 0.2) is 18.2 Å². The monoisotopic (exact) mass is 294 g/mol. The minimum Gasteiger partial charge on any atom is -0.491 e. The summed E-state index contributed by atoms with van der Waals surface area (Å²) in [6, 6.07) is 6.01. The standard InChI is InChI=1S/C15H22N2O2S/c1-10-5-4-6-11(2)14(10)19-7-12(3)17-15(18)13-8-20-9-16-13/h4-6,12-13,16H,7-9H2,1-3H3,(H,17,18). The first-order valence-corrected chi connectivity index (χ1v) is 8.04. The number of hydrogen-bond donors (Lipinski definition) is 2. The smallest absolute Gasteiger partial charge is 0.238 e. The largest absolute Gasteiger partial charge is 0.491 e. The van der Waals surface area contributed by atoms with Crippen LogP contribution in [0.4, 0.5) is 0 Å². The van der Waals surface area contributed by atoms with Gasteiger partial charge in [0.25, 0.3) is 0 Å². The molecule has 0 spiro atoms. The summed E-state index contributed by atoms with van der Waals surface area (Å²) in [5.41, 5.74) is 2.25. The van der Waals surface area contributed by atoms with E-state index in [0.717, 1.165) is 28.5 Å². The number of carbonyl (C=O) groups is 1. The van der Waals surface area contributed by atoms with E-state index in [1.807, 2.05) is 39.0 Å². The van der Waals surface area contributed by atoms with Crippen LogP contribution in [0.1, 0.15) is 18.1 Å². The molecule has 5 heteroatoms. The maximum absolute atomic E-state index is 12.0. The summed E-state index contributed by atoms with van der Waals surface area (Å²) in [6.07, 6.45) is 0. The van der Waals surface area contributed by atoms with Gasteiger partial charge in [0.2, 0.25) is 5.91 Å². The van der Waals surface area contributed by atoms with Crippen LogP contribution >= 0.6 is 11.8 Å². The van der Waals surface area contributed by atoms with Gasteiger partial charge < -0.3 is 10.1 Å². The van der Waals surface area contributed by atoms with E-state index in [-0.39, 0.29) is 18.0 Å². The first-order valence-electron chi connectivity index (χ1n) is 6.88. The molecule has 2 atom stereocenters. The van der Waals surface area contributed by atoms with Crippen molar-refractivity contribution < 1.29 is 9.53 Å². The van der Waals surface area contributed by atoms with Crippen molar-refractivity contribution in [3.05, 3.63) is 29.3 Å². The summed E-state index contributed by atoms with van der Waals surface area (Å²) >= 11 is 1.75. The Labute approximate surface area is 124 Å². The van der Waals surface area contributed by atoms with Crippen molar-refractivity contribution in [2.24, 2.45) is 0 Å². The number of carbonyl (C=O) groups excluding carboxylic acids is 1. The Hall–Kier alpha value is -1.20. The minimum atomic E-state index is -0.0670. The zero-order valence-electron chi connectivity index (χ0n) is 12.2. The van der Waals surface area contributed by atoms with Gasteiger partial charge >= 0.3 is 0 Å². The summed E-state index contributed by atoms with van der Waals surface area (Å²) in [5, 5.41) is 6.16. The third-order valence-electron chi connectivity index (χ3n) is 3.31. The maximum Gasteiger partial charge on any atom is 0.238 e. The quantitative estimate of drug-likeness (QED) is 0.870. The predicted octanol–water partition coefficient (Wildman–Crippen LogP) is 1.85. The number of hydrogen-bond acceptors (Lipinski definition) is 4. The molecule has 1 aliphatic rings. The molecule has 20 heavy (non-hydrogen) atoms. The zero-order valence-corrected chi connectivity index (χ0v) is 13.0. The number of thioether (sulfide) groups is 1. The van der Waals surface area contributed by atoms with Crippen LogP contribution in [0.3, 0.4) is 0 Å². The normalized spacial score (nSPS) is 19.6. The number of amides is 1. The van der Waals surface area contributed by atoms with Crippen LogP contribution in [-0.4, -0.2) is 36.2 Å². The van der Waals surface area contributed by atoms with Gasteiger partial charge in [0.15, 0.2) is 0 Å². The average molecular weight is 294 g/mol. The van der Waals surface area contributed by atoms with Crippen LogP contribution < -0.4 is 15.4 Å². The number of rotatable bonds is 5. The third-order valence-corrected chi connectivity index (χ3v) is 4.25. The van der Waals surface area contributed by atoms with E-state index in [1.165, 1.54) is 0 Å². The van der Waals surface area contributed by atoms with Gasteiger partial charge in [-0.2, -0.15) is 0 Å². The second-order valence-electron chi connectivity index (χ2n) is 5.21. The van der Waals surface area contributed by atoms with E-state index in [9.17, 15) is 4.79 Å². The molecule has 1 heterocycles. The Morgan fingerprint density at radius 3 is 2.80 bits per heavy atom. The van der Waals surface area contributed by atoms with E-state index in [4.69, 9.17) is 4.74 Å². The van der Waals surface area contributed by atoms with Gasteiger partial charge in [-0.05, 0) is 31.9 Å². The molecule has 1 aromatic rings. The Kier molecular flexibility index (Phi) is 5.31. The van der Waals surface area contributed by atoms with Crippen LogP contribution in [0, 0.1) is 13.8 Å². The van der Waals surface area contributed by atoms with Crippen LogP contribution in [0.2, 0.25) is 0 Å². The summed E-state index contributed by atoms with van der Waals surface area (Å²) in [7, 11) is 0. The van der Waals surface area contributed by atoms with Gasteiger partial charge in [-0.25, -0.2) is 0 Å². The molecular formula is C15H22N2O2S. The van der Waals surface area contributed by atoms with E-state index < -0.39 is 0 Å². The lowest BCUT2D eigenvalue weighted by Crippen LogP contribution is -2.47. The first-order chi connectivity index (χ1) is 9.58. The molecule has 2 unspecified atom stereocenters. The lowest BCUT2D eigenvalue weighted by molar-refractivity contribution is -0.123. The summed E-state index contributed by atoms with van der Waals surface area (Å²) in [6.45, 7) is 6.52. The molecule has 1 amide bonds. The van der Waals surface area contributed by atoms with Crippen molar-refractivity contribution in [3.63, 3.8) is 0 Å². The lowest BCUT2D eigenvalue weighted by Gasteiger charge is -2.19. The molecule has 1 aromatic carbocycles. The summed E-state index contributed by atoms with van der Waals surface area (Å²) in [4.78, 5) is 12.0. The number of ether oxygens (including phenoxy) is 1. The minimum absolute atomic E-state index is 0.00564. The van der Waals surface area contributed by atoms with Crippen LogP contribution in [0.5, 0.6) is 5.75 Å². The SMILES string of the molecule is Cc1cccc(C)c1OCC(C)NC(=O)C1CSCN1. The highest BCUT2D eigenvalue weighted by Gasteiger charge is 2.23.